The average Bonchev–Trinajstić information content (AvgIpc) is 3.35. The number of nitrogens with zero attached hydrogens (tertiary/aromatic N) is 2. The third kappa shape index (κ3) is 2.65. The number of carbonyl (C=O) groups is 2. The van der Waals surface area contributed by atoms with Crippen molar-refractivity contribution >= 4 is 34.0 Å². The van der Waals surface area contributed by atoms with Crippen molar-refractivity contribution in [3.8, 4) is 17.0 Å². The van der Waals surface area contributed by atoms with Gasteiger partial charge in [0.15, 0.2) is 11.7 Å². The topological polar surface area (TPSA) is 71.5 Å². The monoisotopic (exact) mass is 343 g/mol. The predicted molar refractivity (Wildman–Crippen MR) is 92.5 cm³/mol. The van der Waals surface area contributed by atoms with Gasteiger partial charge < -0.3 is 15.0 Å². The van der Waals surface area contributed by atoms with Crippen LogP contribution in [0.25, 0.3) is 11.3 Å². The van der Waals surface area contributed by atoms with Gasteiger partial charge in [0.05, 0.1) is 11.4 Å². The third-order valence-electron chi connectivity index (χ3n) is 4.29. The number of likely N-dealkylation sites (N-methyl/N-ethyl adjacent to an activating group) is 1. The van der Waals surface area contributed by atoms with Crippen molar-refractivity contribution in [1.29, 1.82) is 0 Å². The zero-order valence-corrected chi connectivity index (χ0v) is 14.3. The molecular weight excluding hydrogens is 326 g/mol. The number of nitrogens with one attached hydrogen (secondary N) is 1. The third-order valence-corrected chi connectivity index (χ3v) is 5.18. The molecule has 0 atom stereocenters. The van der Waals surface area contributed by atoms with Crippen LogP contribution >= 0.6 is 11.3 Å². The fourth-order valence-electron chi connectivity index (χ4n) is 2.69. The Morgan fingerprint density at radius 3 is 2.96 bits per heavy atom. The van der Waals surface area contributed by atoms with Crippen LogP contribution in [0.3, 0.4) is 0 Å². The lowest BCUT2D eigenvalue weighted by Crippen LogP contribution is -2.35. The van der Waals surface area contributed by atoms with Crippen molar-refractivity contribution in [2.75, 3.05) is 23.9 Å². The van der Waals surface area contributed by atoms with Crippen molar-refractivity contribution in [2.24, 2.45) is 5.92 Å². The maximum atomic E-state index is 11.9. The van der Waals surface area contributed by atoms with Gasteiger partial charge in [-0.05, 0) is 38.0 Å². The molecule has 6 nitrogen and oxygen atoms in total. The summed E-state index contributed by atoms with van der Waals surface area (Å²) in [5, 5.41) is 3.52. The Kier molecular flexibility index (Phi) is 3.53. The molecule has 0 bridgehead atoms. The summed E-state index contributed by atoms with van der Waals surface area (Å²) in [4.78, 5) is 30.9. The molecule has 0 radical (unpaired) electrons. The molecule has 1 fully saturated rings. The summed E-state index contributed by atoms with van der Waals surface area (Å²) in [5.41, 5.74) is 2.46. The lowest BCUT2D eigenvalue weighted by atomic mass is 10.1. The highest BCUT2D eigenvalue weighted by Crippen LogP contribution is 2.38. The minimum Gasteiger partial charge on any atom is -0.482 e. The molecule has 0 spiro atoms. The van der Waals surface area contributed by atoms with Crippen LogP contribution in [0, 0.1) is 12.8 Å². The van der Waals surface area contributed by atoms with Gasteiger partial charge in [-0.3, -0.25) is 9.59 Å². The quantitative estimate of drug-likeness (QED) is 0.930. The van der Waals surface area contributed by atoms with E-state index >= 15 is 0 Å². The molecular formula is C17H17N3O3S. The zero-order valence-electron chi connectivity index (χ0n) is 13.5. The second-order valence-electron chi connectivity index (χ2n) is 6.11. The molecule has 1 saturated carbocycles. The number of ether oxygens (including phenoxy) is 1. The number of aromatic nitrogens is 1. The molecule has 4 rings (SSSR count). The van der Waals surface area contributed by atoms with Crippen LogP contribution in [0.2, 0.25) is 0 Å². The number of anilines is 2. The Bertz CT molecular complexity index is 842. The van der Waals surface area contributed by atoms with Gasteiger partial charge in [0.25, 0.3) is 5.91 Å². The molecule has 0 saturated heterocycles. The fourth-order valence-corrected chi connectivity index (χ4v) is 3.53. The standard InChI is InChI=1S/C17H17N3O3S/c1-9-15(18-17(24-9)19-16(22)10-3-4-10)11-5-6-13-12(7-11)20(2)14(21)8-23-13/h5-7,10H,3-4,8H2,1-2H3,(H,18,19,22). The second kappa shape index (κ2) is 5.59. The van der Waals surface area contributed by atoms with Crippen molar-refractivity contribution < 1.29 is 14.3 Å². The summed E-state index contributed by atoms with van der Waals surface area (Å²) in [7, 11) is 1.74. The summed E-state index contributed by atoms with van der Waals surface area (Å²) in [6.45, 7) is 2.04. The van der Waals surface area contributed by atoms with Crippen molar-refractivity contribution in [1.82, 2.24) is 4.98 Å². The Labute approximate surface area is 143 Å². The van der Waals surface area contributed by atoms with Crippen LogP contribution in [0.15, 0.2) is 18.2 Å². The predicted octanol–water partition coefficient (Wildman–Crippen LogP) is 2.82. The van der Waals surface area contributed by atoms with E-state index in [0.717, 1.165) is 34.7 Å². The van der Waals surface area contributed by atoms with E-state index < -0.39 is 0 Å². The van der Waals surface area contributed by atoms with Gasteiger partial charge in [-0.1, -0.05) is 0 Å². The number of hydrogen-bond acceptors (Lipinski definition) is 5. The smallest absolute Gasteiger partial charge is 0.264 e. The van der Waals surface area contributed by atoms with Gasteiger partial charge >= 0.3 is 0 Å². The molecule has 124 valence electrons. The molecule has 0 unspecified atom stereocenters. The highest BCUT2D eigenvalue weighted by molar-refractivity contribution is 7.16. The zero-order chi connectivity index (χ0) is 16.8. The average molecular weight is 343 g/mol. The first-order valence-corrected chi connectivity index (χ1v) is 8.66. The molecule has 1 N–H and O–H groups in total. The maximum Gasteiger partial charge on any atom is 0.264 e. The van der Waals surface area contributed by atoms with Crippen molar-refractivity contribution in [2.45, 2.75) is 19.8 Å². The summed E-state index contributed by atoms with van der Waals surface area (Å²) in [6.07, 6.45) is 1.93. The van der Waals surface area contributed by atoms with Crippen molar-refractivity contribution in [3.05, 3.63) is 23.1 Å². The highest BCUT2D eigenvalue weighted by atomic mass is 32.1. The normalized spacial score (nSPS) is 16.6. The first kappa shape index (κ1) is 15.1. The van der Waals surface area contributed by atoms with E-state index in [-0.39, 0.29) is 24.3 Å². The molecule has 2 aliphatic rings. The Balaban J connectivity index is 1.65. The molecule has 2 aromatic rings. The van der Waals surface area contributed by atoms with Crippen molar-refractivity contribution in [3.63, 3.8) is 0 Å². The van der Waals surface area contributed by atoms with Crippen LogP contribution in [0.1, 0.15) is 17.7 Å². The second-order valence-corrected chi connectivity index (χ2v) is 7.31. The molecule has 1 aliphatic carbocycles. The number of benzene rings is 1. The first-order valence-electron chi connectivity index (χ1n) is 7.85. The molecule has 1 aromatic heterocycles. The Morgan fingerprint density at radius 1 is 1.42 bits per heavy atom. The Morgan fingerprint density at radius 2 is 2.21 bits per heavy atom. The van der Waals surface area contributed by atoms with Gasteiger partial charge in [0.2, 0.25) is 5.91 Å². The van der Waals surface area contributed by atoms with Gasteiger partial charge in [-0.2, -0.15) is 0 Å². The van der Waals surface area contributed by atoms with Crippen LogP contribution in [0.5, 0.6) is 5.75 Å². The van der Waals surface area contributed by atoms with Crippen LogP contribution in [0.4, 0.5) is 10.8 Å². The summed E-state index contributed by atoms with van der Waals surface area (Å²) < 4.78 is 5.45. The number of thiazole rings is 1. The largest absolute Gasteiger partial charge is 0.482 e. The minimum absolute atomic E-state index is 0.0551. The number of fused-ring (bicyclic) bond motifs is 1. The number of rotatable bonds is 3. The number of hydrogen-bond donors (Lipinski definition) is 1. The van der Waals surface area contributed by atoms with E-state index in [9.17, 15) is 9.59 Å². The fraction of sp³-hybridized carbons (Fsp3) is 0.353. The van der Waals surface area contributed by atoms with Gasteiger partial charge in [0.1, 0.15) is 5.75 Å². The number of carbonyl (C=O) groups excluding carboxylic acids is 2. The molecule has 7 heteroatoms. The lowest BCUT2D eigenvalue weighted by Gasteiger charge is -2.26. The van der Waals surface area contributed by atoms with E-state index in [4.69, 9.17) is 4.74 Å². The van der Waals surface area contributed by atoms with Crippen LogP contribution < -0.4 is 15.0 Å². The number of amides is 2. The van der Waals surface area contributed by atoms with Gasteiger partial charge in [0, 0.05) is 23.4 Å². The molecule has 2 amide bonds. The molecule has 2 heterocycles. The van der Waals surface area contributed by atoms with E-state index in [2.05, 4.69) is 10.3 Å². The van der Waals surface area contributed by atoms with Crippen LogP contribution in [-0.4, -0.2) is 30.5 Å². The van der Waals surface area contributed by atoms with Crippen LogP contribution in [-0.2, 0) is 9.59 Å². The molecule has 24 heavy (non-hydrogen) atoms. The highest BCUT2D eigenvalue weighted by Gasteiger charge is 2.30. The van der Waals surface area contributed by atoms with Gasteiger partial charge in [-0.15, -0.1) is 11.3 Å². The SMILES string of the molecule is Cc1sc(NC(=O)C2CC2)nc1-c1ccc2c(c1)N(C)C(=O)CO2. The van der Waals surface area contributed by atoms with E-state index in [1.165, 1.54) is 11.3 Å². The van der Waals surface area contributed by atoms with E-state index in [0.29, 0.717) is 10.9 Å². The summed E-state index contributed by atoms with van der Waals surface area (Å²) >= 11 is 1.47. The van der Waals surface area contributed by atoms with Gasteiger partial charge in [-0.25, -0.2) is 4.98 Å². The molecule has 1 aromatic carbocycles. The summed E-state index contributed by atoms with van der Waals surface area (Å²) in [5.74, 6) is 0.820. The first-order chi connectivity index (χ1) is 11.5. The molecule has 1 aliphatic heterocycles. The Hall–Kier alpha value is -2.41. The maximum absolute atomic E-state index is 11.9. The van der Waals surface area contributed by atoms with E-state index in [1.54, 1.807) is 11.9 Å². The number of aryl methyl sites for hydroxylation is 1. The minimum atomic E-state index is -0.0768. The summed E-state index contributed by atoms with van der Waals surface area (Å²) in [6, 6.07) is 5.69. The van der Waals surface area contributed by atoms with E-state index in [1.807, 2.05) is 25.1 Å². The lowest BCUT2D eigenvalue weighted by molar-refractivity contribution is -0.121.